The minimum Gasteiger partial charge on any atom is -0.463 e. The van der Waals surface area contributed by atoms with Crippen LogP contribution in [0.25, 0.3) is 0 Å². The number of ether oxygens (including phenoxy) is 1. The summed E-state index contributed by atoms with van der Waals surface area (Å²) in [5.41, 5.74) is -0.409. The summed E-state index contributed by atoms with van der Waals surface area (Å²) >= 11 is 5.01. The highest BCUT2D eigenvalue weighted by Crippen LogP contribution is 2.30. The number of esters is 1. The molecular weight excluding hydrogens is 447 g/mol. The van der Waals surface area contributed by atoms with Crippen LogP contribution in [0.5, 0.6) is 0 Å². The number of nitrogens with one attached hydrogen (secondary N) is 3. The average Bonchev–Trinajstić information content (AvgIpc) is 2.72. The second kappa shape index (κ2) is 11.0. The highest BCUT2D eigenvalue weighted by atomic mass is 32.1. The van der Waals surface area contributed by atoms with Crippen molar-refractivity contribution >= 4 is 46.5 Å². The third-order valence-electron chi connectivity index (χ3n) is 3.72. The monoisotopic (exact) mass is 465 g/mol. The molecule has 168 valence electrons. The Morgan fingerprint density at radius 3 is 2.31 bits per heavy atom. The zero-order valence-corrected chi connectivity index (χ0v) is 17.5. The Morgan fingerprint density at radius 1 is 1.00 bits per heavy atom. The largest absolute Gasteiger partial charge is 0.463 e. The fourth-order valence-corrected chi connectivity index (χ4v) is 2.58. The van der Waals surface area contributed by atoms with Gasteiger partial charge in [0.25, 0.3) is 5.91 Å². The lowest BCUT2D eigenvalue weighted by Crippen LogP contribution is -2.33. The Kier molecular flexibility index (Phi) is 8.47. The van der Waals surface area contributed by atoms with Crippen LogP contribution >= 0.6 is 12.2 Å². The summed E-state index contributed by atoms with van der Waals surface area (Å²) in [6.45, 7) is 1.79. The van der Waals surface area contributed by atoms with Crippen LogP contribution in [0.2, 0.25) is 0 Å². The van der Waals surface area contributed by atoms with E-state index in [1.165, 1.54) is 30.3 Å². The molecule has 0 saturated heterocycles. The third-order valence-corrected chi connectivity index (χ3v) is 3.93. The number of alkyl halides is 3. The molecule has 2 aromatic rings. The summed E-state index contributed by atoms with van der Waals surface area (Å²) in [7, 11) is 0. The maximum atomic E-state index is 12.8. The summed E-state index contributed by atoms with van der Waals surface area (Å²) in [6.07, 6.45) is -2.64. The molecule has 0 atom stereocenters. The van der Waals surface area contributed by atoms with Gasteiger partial charge in [-0.1, -0.05) is 12.1 Å². The number of hydrogen-bond donors (Lipinski definition) is 3. The van der Waals surface area contributed by atoms with Crippen LogP contribution in [0.4, 0.5) is 24.5 Å². The topological polar surface area (TPSA) is 96.5 Å². The van der Waals surface area contributed by atoms with Gasteiger partial charge in [-0.2, -0.15) is 13.2 Å². The van der Waals surface area contributed by atoms with Crippen LogP contribution in [-0.4, -0.2) is 29.5 Å². The number of amides is 2. The van der Waals surface area contributed by atoms with Crippen LogP contribution in [0, 0.1) is 0 Å². The first-order valence-electron chi connectivity index (χ1n) is 9.14. The number of benzene rings is 2. The summed E-state index contributed by atoms with van der Waals surface area (Å²) < 4.78 is 43.1. The highest BCUT2D eigenvalue weighted by Gasteiger charge is 2.30. The molecule has 0 bridgehead atoms. The first-order chi connectivity index (χ1) is 15.1. The van der Waals surface area contributed by atoms with Crippen molar-refractivity contribution in [2.75, 3.05) is 17.2 Å². The van der Waals surface area contributed by atoms with Crippen molar-refractivity contribution in [3.05, 3.63) is 71.8 Å². The Balaban J connectivity index is 1.99. The number of anilines is 2. The van der Waals surface area contributed by atoms with Crippen LogP contribution in [-0.2, 0) is 20.5 Å². The number of halogens is 3. The van der Waals surface area contributed by atoms with E-state index in [0.717, 1.165) is 24.3 Å². The van der Waals surface area contributed by atoms with E-state index in [2.05, 4.69) is 20.7 Å². The highest BCUT2D eigenvalue weighted by molar-refractivity contribution is 7.80. The lowest BCUT2D eigenvalue weighted by molar-refractivity contribution is -0.138. The van der Waals surface area contributed by atoms with Crippen molar-refractivity contribution < 1.29 is 32.3 Å². The lowest BCUT2D eigenvalue weighted by Gasteiger charge is -2.11. The van der Waals surface area contributed by atoms with E-state index in [9.17, 15) is 27.6 Å². The number of thiocarbonyl (C=S) groups is 1. The third kappa shape index (κ3) is 7.84. The van der Waals surface area contributed by atoms with Crippen molar-refractivity contribution in [1.29, 1.82) is 0 Å². The predicted octanol–water partition coefficient (Wildman–Crippen LogP) is 3.89. The first kappa shape index (κ1) is 24.5. The van der Waals surface area contributed by atoms with Crippen molar-refractivity contribution in [1.82, 2.24) is 5.32 Å². The van der Waals surface area contributed by atoms with Crippen LogP contribution in [0.3, 0.4) is 0 Å². The van der Waals surface area contributed by atoms with E-state index in [1.54, 1.807) is 13.0 Å². The van der Waals surface area contributed by atoms with E-state index >= 15 is 0 Å². The molecule has 0 aliphatic carbocycles. The maximum Gasteiger partial charge on any atom is 0.416 e. The first-order valence-corrected chi connectivity index (χ1v) is 9.55. The van der Waals surface area contributed by atoms with Crippen molar-refractivity contribution in [2.24, 2.45) is 0 Å². The van der Waals surface area contributed by atoms with Gasteiger partial charge >= 0.3 is 12.1 Å². The van der Waals surface area contributed by atoms with Crippen molar-refractivity contribution in [3.63, 3.8) is 0 Å². The van der Waals surface area contributed by atoms with Gasteiger partial charge in [-0.3, -0.25) is 14.9 Å². The van der Waals surface area contributed by atoms with Gasteiger partial charge in [-0.25, -0.2) is 4.79 Å². The molecule has 32 heavy (non-hydrogen) atoms. The SMILES string of the molecule is CCOC(=O)/C=C/C(=O)NC(=S)Nc1cccc(C(=O)Nc2cccc(C(F)(F)F)c2)c1. The molecule has 2 aromatic carbocycles. The van der Waals surface area contributed by atoms with Crippen LogP contribution in [0.15, 0.2) is 60.7 Å². The van der Waals surface area contributed by atoms with E-state index < -0.39 is 29.5 Å². The normalized spacial score (nSPS) is 11.0. The smallest absolute Gasteiger partial charge is 0.416 e. The van der Waals surface area contributed by atoms with Gasteiger partial charge in [0.05, 0.1) is 12.2 Å². The molecule has 0 heterocycles. The molecule has 11 heteroatoms. The fourth-order valence-electron chi connectivity index (χ4n) is 2.36. The van der Waals surface area contributed by atoms with E-state index in [-0.39, 0.29) is 23.0 Å². The van der Waals surface area contributed by atoms with Crippen molar-refractivity contribution in [2.45, 2.75) is 13.1 Å². The van der Waals surface area contributed by atoms with Gasteiger partial charge in [0.1, 0.15) is 0 Å². The average molecular weight is 465 g/mol. The molecule has 0 radical (unpaired) electrons. The van der Waals surface area contributed by atoms with Gasteiger partial charge in [0.2, 0.25) is 5.91 Å². The second-order valence-corrected chi connectivity index (χ2v) is 6.55. The van der Waals surface area contributed by atoms with Crippen LogP contribution < -0.4 is 16.0 Å². The summed E-state index contributed by atoms with van der Waals surface area (Å²) in [5.74, 6) is -1.99. The minimum absolute atomic E-state index is 0.0145. The zero-order valence-electron chi connectivity index (χ0n) is 16.7. The quantitative estimate of drug-likeness (QED) is 0.340. The summed E-state index contributed by atoms with van der Waals surface area (Å²) in [5, 5.41) is 7.31. The molecule has 2 rings (SSSR count). The van der Waals surface area contributed by atoms with Gasteiger partial charge in [-0.05, 0) is 55.5 Å². The Bertz CT molecular complexity index is 1050. The molecule has 0 aromatic heterocycles. The molecule has 0 aliphatic heterocycles. The fraction of sp³-hybridized carbons (Fsp3) is 0.143. The molecule has 3 N–H and O–H groups in total. The van der Waals surface area contributed by atoms with Gasteiger partial charge in [-0.15, -0.1) is 0 Å². The Labute approximate surface area is 186 Å². The van der Waals surface area contributed by atoms with Crippen LogP contribution in [0.1, 0.15) is 22.8 Å². The van der Waals surface area contributed by atoms with Gasteiger partial charge < -0.3 is 15.4 Å². The molecule has 2 amide bonds. The minimum atomic E-state index is -4.53. The Morgan fingerprint density at radius 2 is 1.66 bits per heavy atom. The predicted molar refractivity (Wildman–Crippen MR) is 116 cm³/mol. The number of hydrogen-bond acceptors (Lipinski definition) is 5. The molecule has 0 aliphatic rings. The molecule has 7 nitrogen and oxygen atoms in total. The van der Waals surface area contributed by atoms with Crippen molar-refractivity contribution in [3.8, 4) is 0 Å². The molecule has 0 fully saturated rings. The summed E-state index contributed by atoms with van der Waals surface area (Å²) in [6, 6.07) is 10.2. The maximum absolute atomic E-state index is 12.8. The van der Waals surface area contributed by atoms with E-state index in [1.807, 2.05) is 0 Å². The second-order valence-electron chi connectivity index (χ2n) is 6.14. The van der Waals surface area contributed by atoms with E-state index in [0.29, 0.717) is 5.69 Å². The van der Waals surface area contributed by atoms with Gasteiger partial charge in [0, 0.05) is 29.1 Å². The molecule has 0 spiro atoms. The summed E-state index contributed by atoms with van der Waals surface area (Å²) in [4.78, 5) is 35.4. The lowest BCUT2D eigenvalue weighted by atomic mass is 10.1. The number of rotatable bonds is 6. The molecular formula is C21H18F3N3O4S. The van der Waals surface area contributed by atoms with Gasteiger partial charge in [0.15, 0.2) is 5.11 Å². The zero-order chi connectivity index (χ0) is 23.7. The molecule has 0 unspecified atom stereocenters. The Hall–Kier alpha value is -3.73. The standard InChI is InChI=1S/C21H18F3N3O4S/c1-2-31-18(29)10-9-17(28)27-20(32)26-15-7-3-5-13(11-15)19(30)25-16-8-4-6-14(12-16)21(22,23)24/h3-12H,2H2,1H3,(H,25,30)(H2,26,27,28,32)/b10-9+. The van der Waals surface area contributed by atoms with E-state index in [4.69, 9.17) is 12.2 Å². The molecule has 0 saturated carbocycles. The number of carbonyl (C=O) groups is 3. The number of carbonyl (C=O) groups excluding carboxylic acids is 3.